The van der Waals surface area contributed by atoms with Crippen LogP contribution < -0.4 is 0 Å². The van der Waals surface area contributed by atoms with Gasteiger partial charge < -0.3 is 9.84 Å². The molecule has 0 unspecified atom stereocenters. The summed E-state index contributed by atoms with van der Waals surface area (Å²) < 4.78 is 5.76. The molecule has 2 aliphatic carbocycles. The Morgan fingerprint density at radius 1 is 1.06 bits per heavy atom. The Balaban J connectivity index is 1.34. The first kappa shape index (κ1) is 11.2. The summed E-state index contributed by atoms with van der Waals surface area (Å²) in [6.45, 7) is 2.02. The standard InChI is InChI=1S/C15H20O2/c16-8-12-6-14(12)15-7-13(15)10-17-9-11-4-2-1-3-5-11/h1-5,12-16H,6-10H2/t12-,13+,14-,15+/m1/s1. The van der Waals surface area contributed by atoms with E-state index in [-0.39, 0.29) is 0 Å². The smallest absolute Gasteiger partial charge is 0.0717 e. The van der Waals surface area contributed by atoms with Gasteiger partial charge in [0.1, 0.15) is 0 Å². The Kier molecular flexibility index (Phi) is 3.17. The summed E-state index contributed by atoms with van der Waals surface area (Å²) in [4.78, 5) is 0. The van der Waals surface area contributed by atoms with Crippen LogP contribution in [0.4, 0.5) is 0 Å². The second kappa shape index (κ2) is 4.79. The monoisotopic (exact) mass is 232 g/mol. The second-order valence-electron chi connectivity index (χ2n) is 5.50. The van der Waals surface area contributed by atoms with Gasteiger partial charge in [0.15, 0.2) is 0 Å². The summed E-state index contributed by atoms with van der Waals surface area (Å²) in [7, 11) is 0. The molecule has 0 aromatic heterocycles. The van der Waals surface area contributed by atoms with E-state index in [2.05, 4.69) is 24.3 Å². The number of rotatable bonds is 6. The van der Waals surface area contributed by atoms with Crippen LogP contribution in [-0.2, 0) is 11.3 Å². The molecule has 2 saturated carbocycles. The maximum Gasteiger partial charge on any atom is 0.0717 e. The van der Waals surface area contributed by atoms with E-state index in [0.717, 1.165) is 31.0 Å². The van der Waals surface area contributed by atoms with Crippen LogP contribution >= 0.6 is 0 Å². The van der Waals surface area contributed by atoms with Crippen LogP contribution in [0, 0.1) is 23.7 Å². The molecule has 1 N–H and O–H groups in total. The third kappa shape index (κ3) is 2.70. The fourth-order valence-electron chi connectivity index (χ4n) is 2.89. The van der Waals surface area contributed by atoms with E-state index >= 15 is 0 Å². The number of ether oxygens (including phenoxy) is 1. The zero-order valence-corrected chi connectivity index (χ0v) is 10.1. The van der Waals surface area contributed by atoms with Gasteiger partial charge in [-0.1, -0.05) is 30.3 Å². The molecule has 2 heteroatoms. The van der Waals surface area contributed by atoms with Crippen LogP contribution in [0.5, 0.6) is 0 Å². The van der Waals surface area contributed by atoms with Crippen molar-refractivity contribution in [2.75, 3.05) is 13.2 Å². The maximum atomic E-state index is 9.03. The van der Waals surface area contributed by atoms with Gasteiger partial charge in [0.05, 0.1) is 13.2 Å². The van der Waals surface area contributed by atoms with Crippen molar-refractivity contribution in [3.8, 4) is 0 Å². The molecule has 0 radical (unpaired) electrons. The van der Waals surface area contributed by atoms with E-state index in [1.54, 1.807) is 0 Å². The molecule has 0 spiro atoms. The van der Waals surface area contributed by atoms with Crippen molar-refractivity contribution in [2.24, 2.45) is 23.7 Å². The first-order chi connectivity index (χ1) is 8.38. The molecule has 4 atom stereocenters. The third-order valence-corrected chi connectivity index (χ3v) is 4.18. The van der Waals surface area contributed by atoms with E-state index in [0.29, 0.717) is 12.5 Å². The van der Waals surface area contributed by atoms with E-state index in [1.165, 1.54) is 18.4 Å². The van der Waals surface area contributed by atoms with Crippen molar-refractivity contribution >= 4 is 0 Å². The lowest BCUT2D eigenvalue weighted by molar-refractivity contribution is 0.106. The largest absolute Gasteiger partial charge is 0.396 e. The first-order valence-electron chi connectivity index (χ1n) is 6.61. The van der Waals surface area contributed by atoms with Gasteiger partial charge in [-0.3, -0.25) is 0 Å². The quantitative estimate of drug-likeness (QED) is 0.816. The zero-order chi connectivity index (χ0) is 11.7. The molecule has 92 valence electrons. The van der Waals surface area contributed by atoms with Gasteiger partial charge in [-0.15, -0.1) is 0 Å². The van der Waals surface area contributed by atoms with E-state index in [1.807, 2.05) is 6.07 Å². The van der Waals surface area contributed by atoms with Crippen molar-refractivity contribution in [3.63, 3.8) is 0 Å². The lowest BCUT2D eigenvalue weighted by atomic mass is 10.2. The maximum absolute atomic E-state index is 9.03. The molecular weight excluding hydrogens is 212 g/mol. The molecule has 1 aromatic rings. The Hall–Kier alpha value is -0.860. The van der Waals surface area contributed by atoms with Gasteiger partial charge in [0.25, 0.3) is 0 Å². The highest BCUT2D eigenvalue weighted by atomic mass is 16.5. The molecule has 0 heterocycles. The van der Waals surface area contributed by atoms with Crippen LogP contribution in [-0.4, -0.2) is 18.3 Å². The molecule has 2 fully saturated rings. The predicted octanol–water partition coefficient (Wildman–Crippen LogP) is 2.47. The van der Waals surface area contributed by atoms with E-state index in [4.69, 9.17) is 9.84 Å². The predicted molar refractivity (Wildman–Crippen MR) is 66.4 cm³/mol. The van der Waals surface area contributed by atoms with Gasteiger partial charge >= 0.3 is 0 Å². The molecular formula is C15H20O2. The van der Waals surface area contributed by atoms with Crippen LogP contribution in [0.25, 0.3) is 0 Å². The molecule has 2 aliphatic rings. The molecule has 0 aliphatic heterocycles. The van der Waals surface area contributed by atoms with Gasteiger partial charge in [-0.25, -0.2) is 0 Å². The zero-order valence-electron chi connectivity index (χ0n) is 10.1. The summed E-state index contributed by atoms with van der Waals surface area (Å²) in [5.74, 6) is 3.03. The molecule has 0 bridgehead atoms. The minimum Gasteiger partial charge on any atom is -0.396 e. The van der Waals surface area contributed by atoms with Crippen molar-refractivity contribution in [1.82, 2.24) is 0 Å². The van der Waals surface area contributed by atoms with Crippen molar-refractivity contribution in [3.05, 3.63) is 35.9 Å². The summed E-state index contributed by atoms with van der Waals surface area (Å²) in [6, 6.07) is 10.3. The Morgan fingerprint density at radius 3 is 2.47 bits per heavy atom. The number of aliphatic hydroxyl groups excluding tert-OH is 1. The van der Waals surface area contributed by atoms with Gasteiger partial charge in [-0.05, 0) is 42.1 Å². The lowest BCUT2D eigenvalue weighted by Gasteiger charge is -2.03. The van der Waals surface area contributed by atoms with Gasteiger partial charge in [0.2, 0.25) is 0 Å². The van der Waals surface area contributed by atoms with Crippen LogP contribution in [0.3, 0.4) is 0 Å². The molecule has 1 aromatic carbocycles. The minimum absolute atomic E-state index is 0.388. The normalized spacial score (nSPS) is 34.6. The highest BCUT2D eigenvalue weighted by molar-refractivity contribution is 5.13. The SMILES string of the molecule is OC[C@H]1C[C@H]1[C@H]1C[C@H]1COCc1ccccc1. The molecule has 0 saturated heterocycles. The number of aliphatic hydroxyl groups is 1. The number of hydrogen-bond donors (Lipinski definition) is 1. The number of benzene rings is 1. The molecule has 3 rings (SSSR count). The van der Waals surface area contributed by atoms with Gasteiger partial charge in [0, 0.05) is 6.61 Å². The van der Waals surface area contributed by atoms with Crippen LogP contribution in [0.15, 0.2) is 30.3 Å². The third-order valence-electron chi connectivity index (χ3n) is 4.18. The summed E-state index contributed by atoms with van der Waals surface area (Å²) in [5, 5.41) is 9.03. The average molecular weight is 232 g/mol. The highest BCUT2D eigenvalue weighted by Gasteiger charge is 2.52. The Bertz CT molecular complexity index is 362. The van der Waals surface area contributed by atoms with E-state index in [9.17, 15) is 0 Å². The molecule has 2 nitrogen and oxygen atoms in total. The second-order valence-corrected chi connectivity index (χ2v) is 5.50. The first-order valence-corrected chi connectivity index (χ1v) is 6.61. The van der Waals surface area contributed by atoms with Crippen LogP contribution in [0.2, 0.25) is 0 Å². The Labute approximate surface area is 103 Å². The fourth-order valence-corrected chi connectivity index (χ4v) is 2.89. The Morgan fingerprint density at radius 2 is 1.76 bits per heavy atom. The molecule has 17 heavy (non-hydrogen) atoms. The average Bonchev–Trinajstić information content (AvgIpc) is 3.24. The van der Waals surface area contributed by atoms with Gasteiger partial charge in [-0.2, -0.15) is 0 Å². The lowest BCUT2D eigenvalue weighted by Crippen LogP contribution is -2.00. The minimum atomic E-state index is 0.388. The van der Waals surface area contributed by atoms with Crippen molar-refractivity contribution < 1.29 is 9.84 Å². The topological polar surface area (TPSA) is 29.5 Å². The highest BCUT2D eigenvalue weighted by Crippen LogP contribution is 2.57. The number of hydrogen-bond acceptors (Lipinski definition) is 2. The molecule has 0 amide bonds. The van der Waals surface area contributed by atoms with Crippen molar-refractivity contribution in [2.45, 2.75) is 19.4 Å². The summed E-state index contributed by atoms with van der Waals surface area (Å²) >= 11 is 0. The summed E-state index contributed by atoms with van der Waals surface area (Å²) in [6.07, 6.45) is 2.56. The fraction of sp³-hybridized carbons (Fsp3) is 0.600. The van der Waals surface area contributed by atoms with E-state index < -0.39 is 0 Å². The van der Waals surface area contributed by atoms with Crippen molar-refractivity contribution in [1.29, 1.82) is 0 Å². The van der Waals surface area contributed by atoms with Crippen LogP contribution in [0.1, 0.15) is 18.4 Å². The summed E-state index contributed by atoms with van der Waals surface area (Å²) in [5.41, 5.74) is 1.25.